The van der Waals surface area contributed by atoms with Crippen LogP contribution in [0.25, 0.3) is 0 Å². The Kier molecular flexibility index (Phi) is 8.63. The van der Waals surface area contributed by atoms with Gasteiger partial charge in [-0.05, 0) is 93.1 Å². The molecule has 2 saturated heterocycles. The van der Waals surface area contributed by atoms with Crippen LogP contribution in [0.15, 0.2) is 18.2 Å². The average molecular weight is 602 g/mol. The summed E-state index contributed by atoms with van der Waals surface area (Å²) in [6, 6.07) is 3.88. The number of aliphatic hydroxyl groups is 1. The number of aliphatic hydroxyl groups excluding tert-OH is 1. The van der Waals surface area contributed by atoms with Crippen molar-refractivity contribution in [3.63, 3.8) is 0 Å². The number of fused-ring (bicyclic) bond motifs is 4. The van der Waals surface area contributed by atoms with Crippen molar-refractivity contribution < 1.29 is 28.2 Å². The number of amides is 2. The lowest BCUT2D eigenvalue weighted by molar-refractivity contribution is -0.145. The number of urea groups is 1. The number of rotatable bonds is 5. The van der Waals surface area contributed by atoms with E-state index >= 15 is 0 Å². The first kappa shape index (κ1) is 30.9. The van der Waals surface area contributed by atoms with Crippen molar-refractivity contribution in [2.75, 3.05) is 38.8 Å². The lowest BCUT2D eigenvalue weighted by Gasteiger charge is -2.61. The summed E-state index contributed by atoms with van der Waals surface area (Å²) in [5.41, 5.74) is -0.145. The van der Waals surface area contributed by atoms with Crippen LogP contribution in [0.5, 0.6) is 0 Å². The van der Waals surface area contributed by atoms with E-state index in [4.69, 9.17) is 4.74 Å². The molecular formula is C34H49F2N3O4. The number of ether oxygens (including phenoxy) is 1. The molecule has 1 aromatic rings. The van der Waals surface area contributed by atoms with Gasteiger partial charge in [0.05, 0.1) is 11.8 Å². The molecule has 238 valence electrons. The molecule has 3 aliphatic carbocycles. The highest BCUT2D eigenvalue weighted by Crippen LogP contribution is 2.68. The Morgan fingerprint density at radius 3 is 2.49 bits per heavy atom. The Morgan fingerprint density at radius 2 is 1.84 bits per heavy atom. The fourth-order valence-electron chi connectivity index (χ4n) is 10.7. The first-order valence-electron chi connectivity index (χ1n) is 16.5. The molecule has 9 heteroatoms. The first-order chi connectivity index (χ1) is 20.7. The fraction of sp³-hybridized carbons (Fsp3) is 0.765. The van der Waals surface area contributed by atoms with Gasteiger partial charge in [0.2, 0.25) is 0 Å². The summed E-state index contributed by atoms with van der Waals surface area (Å²) in [6.45, 7) is 2.67. The van der Waals surface area contributed by atoms with Gasteiger partial charge in [-0.2, -0.15) is 0 Å². The van der Waals surface area contributed by atoms with Gasteiger partial charge in [-0.15, -0.1) is 0 Å². The van der Waals surface area contributed by atoms with E-state index in [2.05, 4.69) is 5.32 Å². The van der Waals surface area contributed by atoms with Crippen molar-refractivity contribution in [1.29, 1.82) is 0 Å². The van der Waals surface area contributed by atoms with E-state index in [1.54, 1.807) is 11.8 Å². The fourth-order valence-corrected chi connectivity index (χ4v) is 10.7. The monoisotopic (exact) mass is 601 g/mol. The van der Waals surface area contributed by atoms with E-state index in [9.17, 15) is 23.5 Å². The van der Waals surface area contributed by atoms with Crippen LogP contribution < -0.4 is 10.2 Å². The third-order valence-electron chi connectivity index (χ3n) is 12.7. The smallest absolute Gasteiger partial charge is 0.324 e. The van der Waals surface area contributed by atoms with Crippen LogP contribution in [-0.2, 0) is 9.53 Å². The summed E-state index contributed by atoms with van der Waals surface area (Å²) in [6.07, 6.45) is 11.8. The number of hydrogen-bond acceptors (Lipinski definition) is 5. The van der Waals surface area contributed by atoms with Crippen LogP contribution in [0, 0.1) is 46.1 Å². The number of carbonyl (C=O) groups is 2. The number of anilines is 1. The maximum Gasteiger partial charge on any atom is 0.324 e. The minimum atomic E-state index is -1.02. The highest BCUT2D eigenvalue weighted by molar-refractivity contribution is 5.91. The molecule has 0 aromatic heterocycles. The third kappa shape index (κ3) is 5.02. The SMILES string of the molecule is COC1CCC2(C3CCCCC3)C(C1)NC1C2C2(CCN(C(=O)N(C)c3cccc(F)c3F)CC2)C[C@@H](C(C)=O)[C@H]1CO. The van der Waals surface area contributed by atoms with E-state index in [0.29, 0.717) is 24.9 Å². The maximum absolute atomic E-state index is 14.6. The van der Waals surface area contributed by atoms with Gasteiger partial charge in [0.1, 0.15) is 5.78 Å². The highest BCUT2D eigenvalue weighted by Gasteiger charge is 2.69. The molecule has 2 heterocycles. The predicted octanol–water partition coefficient (Wildman–Crippen LogP) is 5.54. The van der Waals surface area contributed by atoms with Gasteiger partial charge in [0.25, 0.3) is 0 Å². The zero-order valence-corrected chi connectivity index (χ0v) is 26.0. The van der Waals surface area contributed by atoms with Crippen molar-refractivity contribution >= 4 is 17.5 Å². The zero-order chi connectivity index (χ0) is 30.5. The summed E-state index contributed by atoms with van der Waals surface area (Å²) in [5.74, 6) is -1.32. The van der Waals surface area contributed by atoms with Gasteiger partial charge in [0.15, 0.2) is 11.6 Å². The number of methoxy groups -OCH3 is 1. The Bertz CT molecular complexity index is 1200. The number of nitrogens with zero attached hydrogens (tertiary/aromatic N) is 2. The molecule has 7 atom stereocenters. The van der Waals surface area contributed by atoms with E-state index in [0.717, 1.165) is 44.6 Å². The molecule has 43 heavy (non-hydrogen) atoms. The van der Waals surface area contributed by atoms with E-state index < -0.39 is 11.6 Å². The van der Waals surface area contributed by atoms with Crippen LogP contribution in [0.1, 0.15) is 77.6 Å². The number of piperidine rings is 1. The van der Waals surface area contributed by atoms with Gasteiger partial charge in [-0.3, -0.25) is 9.69 Å². The van der Waals surface area contributed by atoms with Crippen molar-refractivity contribution in [3.05, 3.63) is 29.8 Å². The summed E-state index contributed by atoms with van der Waals surface area (Å²) < 4.78 is 34.4. The number of likely N-dealkylation sites (tertiary alicyclic amines) is 1. The van der Waals surface area contributed by atoms with Crippen LogP contribution in [0.4, 0.5) is 19.3 Å². The van der Waals surface area contributed by atoms with Crippen molar-refractivity contribution in [1.82, 2.24) is 10.2 Å². The number of ketones is 1. The van der Waals surface area contributed by atoms with Gasteiger partial charge < -0.3 is 20.1 Å². The Morgan fingerprint density at radius 1 is 1.12 bits per heavy atom. The van der Waals surface area contributed by atoms with E-state index in [-0.39, 0.29) is 65.0 Å². The molecule has 2 amide bonds. The van der Waals surface area contributed by atoms with Gasteiger partial charge in [0, 0.05) is 57.8 Å². The highest BCUT2D eigenvalue weighted by atomic mass is 19.2. The minimum Gasteiger partial charge on any atom is -0.396 e. The molecule has 3 saturated carbocycles. The maximum atomic E-state index is 14.6. The topological polar surface area (TPSA) is 82.1 Å². The van der Waals surface area contributed by atoms with E-state index in [1.807, 2.05) is 7.11 Å². The molecule has 1 spiro atoms. The number of halogens is 2. The van der Waals surface area contributed by atoms with Crippen LogP contribution >= 0.6 is 0 Å². The number of Topliss-reactive ketones (excluding diaryl/α,β-unsaturated/α-hetero) is 1. The second kappa shape index (κ2) is 12.0. The predicted molar refractivity (Wildman–Crippen MR) is 161 cm³/mol. The van der Waals surface area contributed by atoms with Crippen LogP contribution in [-0.4, -0.2) is 73.9 Å². The first-order valence-corrected chi connectivity index (χ1v) is 16.5. The summed E-state index contributed by atoms with van der Waals surface area (Å²) in [5, 5.41) is 14.8. The summed E-state index contributed by atoms with van der Waals surface area (Å²) >= 11 is 0. The molecule has 2 N–H and O–H groups in total. The van der Waals surface area contributed by atoms with Gasteiger partial charge in [-0.1, -0.05) is 25.3 Å². The molecule has 5 unspecified atom stereocenters. The Balaban J connectivity index is 1.34. The lowest BCUT2D eigenvalue weighted by Crippen LogP contribution is -2.62. The van der Waals surface area contributed by atoms with Gasteiger partial charge >= 0.3 is 6.03 Å². The standard InChI is InChI=1S/C34H49F2N3O4/c1-21(41)24-19-33(14-16-39(17-15-33)32(42)38(2)27-11-7-10-26(35)29(27)36)31-30(25(24)20-40)37-28-18-23(43-3)12-13-34(28,31)22-8-5-4-6-9-22/h7,10-11,22-25,28,30-31,37,40H,4-6,8-9,12-20H2,1-3H3/t23?,24-,25+,28?,30?,31?,34?/m0/s1. The average Bonchev–Trinajstić information content (AvgIpc) is 3.38. The van der Waals surface area contributed by atoms with Crippen molar-refractivity contribution in [2.24, 2.45) is 34.5 Å². The molecule has 0 bridgehead atoms. The molecular weight excluding hydrogens is 552 g/mol. The summed E-state index contributed by atoms with van der Waals surface area (Å²) in [4.78, 5) is 29.7. The second-order valence-electron chi connectivity index (χ2n) is 14.3. The molecule has 5 fully saturated rings. The van der Waals surface area contributed by atoms with Crippen LogP contribution in [0.3, 0.4) is 0 Å². The van der Waals surface area contributed by atoms with Crippen molar-refractivity contribution in [3.8, 4) is 0 Å². The Hall–Kier alpha value is -2.10. The largest absolute Gasteiger partial charge is 0.396 e. The third-order valence-corrected chi connectivity index (χ3v) is 12.7. The molecule has 5 aliphatic rings. The van der Waals surface area contributed by atoms with Gasteiger partial charge in [-0.25, -0.2) is 13.6 Å². The normalized spacial score (nSPS) is 35.8. The number of carbonyl (C=O) groups excluding carboxylic acids is 2. The number of hydrogen-bond donors (Lipinski definition) is 2. The zero-order valence-electron chi connectivity index (χ0n) is 26.0. The van der Waals surface area contributed by atoms with E-state index in [1.165, 1.54) is 56.2 Å². The Labute approximate surface area is 254 Å². The quantitative estimate of drug-likeness (QED) is 0.463. The minimum absolute atomic E-state index is 0.00965. The van der Waals surface area contributed by atoms with Crippen molar-refractivity contribution in [2.45, 2.75) is 95.7 Å². The second-order valence-corrected chi connectivity index (χ2v) is 14.3. The lowest BCUT2D eigenvalue weighted by atomic mass is 9.43. The van der Waals surface area contributed by atoms with Crippen LogP contribution in [0.2, 0.25) is 0 Å². The molecule has 7 nitrogen and oxygen atoms in total. The molecule has 6 rings (SSSR count). The molecule has 2 aliphatic heterocycles. The number of benzene rings is 1. The molecule has 0 radical (unpaired) electrons. The molecule has 1 aromatic carbocycles. The number of nitrogens with one attached hydrogen (secondary N) is 1. The summed E-state index contributed by atoms with van der Waals surface area (Å²) in [7, 11) is 3.31.